The van der Waals surface area contributed by atoms with E-state index in [1.165, 1.54) is 19.1 Å². The number of carboxylic acid groups (broad SMARTS) is 1. The SMILES string of the molecule is C[C@H](CC(=N)C(=O)C(c1cccc(OC(F)(F)F)c1)C1(O)CCCCC1)NC(=O)O. The van der Waals surface area contributed by atoms with Crippen LogP contribution in [0.4, 0.5) is 18.0 Å². The molecule has 7 nitrogen and oxygen atoms in total. The number of ether oxygens (including phenoxy) is 1. The van der Waals surface area contributed by atoms with Gasteiger partial charge in [0.15, 0.2) is 5.78 Å². The van der Waals surface area contributed by atoms with Gasteiger partial charge in [-0.05, 0) is 37.5 Å². The Morgan fingerprint density at radius 3 is 2.47 bits per heavy atom. The molecule has 1 unspecified atom stereocenters. The number of carbonyl (C=O) groups excluding carboxylic acids is 1. The molecule has 1 aliphatic rings. The van der Waals surface area contributed by atoms with Crippen LogP contribution in [0, 0.1) is 5.41 Å². The maximum atomic E-state index is 13.1. The molecule has 0 bridgehead atoms. The summed E-state index contributed by atoms with van der Waals surface area (Å²) in [6, 6.07) is 4.13. The molecular weight excluding hydrogens is 405 g/mol. The zero-order valence-corrected chi connectivity index (χ0v) is 16.5. The Bertz CT molecular complexity index is 791. The summed E-state index contributed by atoms with van der Waals surface area (Å²) in [5.41, 5.74) is -1.81. The lowest BCUT2D eigenvalue weighted by Gasteiger charge is -2.39. The second-order valence-corrected chi connectivity index (χ2v) is 7.62. The van der Waals surface area contributed by atoms with Crippen LogP contribution in [0.15, 0.2) is 24.3 Å². The van der Waals surface area contributed by atoms with Crippen LogP contribution < -0.4 is 10.1 Å². The van der Waals surface area contributed by atoms with Crippen LogP contribution in [0.2, 0.25) is 0 Å². The Morgan fingerprint density at radius 2 is 1.90 bits per heavy atom. The van der Waals surface area contributed by atoms with Crippen molar-refractivity contribution in [1.82, 2.24) is 5.32 Å². The molecule has 2 atom stereocenters. The van der Waals surface area contributed by atoms with Crippen molar-refractivity contribution in [2.45, 2.75) is 69.4 Å². The highest BCUT2D eigenvalue weighted by atomic mass is 19.4. The smallest absolute Gasteiger partial charge is 0.465 e. The molecule has 1 amide bonds. The normalized spacial score (nSPS) is 18.2. The van der Waals surface area contributed by atoms with Gasteiger partial charge < -0.3 is 25.7 Å². The molecule has 1 fully saturated rings. The van der Waals surface area contributed by atoms with Gasteiger partial charge in [0.1, 0.15) is 5.75 Å². The number of hydrogen-bond donors (Lipinski definition) is 4. The van der Waals surface area contributed by atoms with E-state index in [0.717, 1.165) is 18.6 Å². The minimum absolute atomic E-state index is 0.120. The highest BCUT2D eigenvalue weighted by Gasteiger charge is 2.44. The number of amides is 1. The van der Waals surface area contributed by atoms with Crippen molar-refractivity contribution in [1.29, 1.82) is 5.41 Å². The maximum Gasteiger partial charge on any atom is 0.573 e. The van der Waals surface area contributed by atoms with Gasteiger partial charge >= 0.3 is 12.5 Å². The zero-order valence-electron chi connectivity index (χ0n) is 16.5. The molecule has 1 aromatic carbocycles. The van der Waals surface area contributed by atoms with E-state index in [-0.39, 0.29) is 24.8 Å². The maximum absolute atomic E-state index is 13.1. The van der Waals surface area contributed by atoms with E-state index in [2.05, 4.69) is 10.1 Å². The zero-order chi connectivity index (χ0) is 22.5. The van der Waals surface area contributed by atoms with Crippen molar-refractivity contribution in [2.75, 3.05) is 0 Å². The average molecular weight is 430 g/mol. The predicted octanol–water partition coefficient (Wildman–Crippen LogP) is 4.00. The summed E-state index contributed by atoms with van der Waals surface area (Å²) < 4.78 is 41.8. The van der Waals surface area contributed by atoms with Crippen molar-refractivity contribution in [2.24, 2.45) is 0 Å². The Balaban J connectivity index is 2.36. The highest BCUT2D eigenvalue weighted by molar-refractivity contribution is 6.41. The number of ketones is 1. The van der Waals surface area contributed by atoms with Crippen LogP contribution in [-0.2, 0) is 4.79 Å². The van der Waals surface area contributed by atoms with Crippen molar-refractivity contribution in [3.8, 4) is 5.75 Å². The van der Waals surface area contributed by atoms with E-state index < -0.39 is 47.3 Å². The lowest BCUT2D eigenvalue weighted by Crippen LogP contribution is -2.45. The summed E-state index contributed by atoms with van der Waals surface area (Å²) in [6.45, 7) is 1.48. The van der Waals surface area contributed by atoms with E-state index in [1.54, 1.807) is 0 Å². The third kappa shape index (κ3) is 6.45. The molecule has 0 aromatic heterocycles. The summed E-state index contributed by atoms with van der Waals surface area (Å²) in [7, 11) is 0. The van der Waals surface area contributed by atoms with Crippen molar-refractivity contribution >= 4 is 17.6 Å². The van der Waals surface area contributed by atoms with E-state index in [0.29, 0.717) is 12.8 Å². The van der Waals surface area contributed by atoms with Crippen LogP contribution in [0.5, 0.6) is 5.75 Å². The molecule has 0 saturated heterocycles. The first-order valence-corrected chi connectivity index (χ1v) is 9.60. The van der Waals surface area contributed by atoms with Gasteiger partial charge in [0.25, 0.3) is 0 Å². The fourth-order valence-corrected chi connectivity index (χ4v) is 3.89. The largest absolute Gasteiger partial charge is 0.573 e. The van der Waals surface area contributed by atoms with E-state index in [9.17, 15) is 27.9 Å². The standard InChI is InChI=1S/C20H25F3N2O5/c1-12(25-18(27)28)10-15(24)17(26)16(19(29)8-3-2-4-9-19)13-6-5-7-14(11-13)30-20(21,22)23/h5-7,11-12,16,24-25,29H,2-4,8-10H2,1H3,(H,27,28)/t12-,16?/m1/s1. The first kappa shape index (κ1) is 23.7. The number of halogens is 3. The summed E-state index contributed by atoms with van der Waals surface area (Å²) in [5.74, 6) is -2.52. The first-order chi connectivity index (χ1) is 13.9. The molecule has 0 aliphatic heterocycles. The fourth-order valence-electron chi connectivity index (χ4n) is 3.89. The number of benzene rings is 1. The second-order valence-electron chi connectivity index (χ2n) is 7.62. The Hall–Kier alpha value is -2.62. The van der Waals surface area contributed by atoms with Gasteiger partial charge in [-0.15, -0.1) is 13.2 Å². The fraction of sp³-hybridized carbons (Fsp3) is 0.550. The van der Waals surface area contributed by atoms with Gasteiger partial charge in [-0.3, -0.25) is 4.79 Å². The predicted molar refractivity (Wildman–Crippen MR) is 102 cm³/mol. The van der Waals surface area contributed by atoms with Gasteiger partial charge in [0.05, 0.1) is 17.2 Å². The van der Waals surface area contributed by atoms with Gasteiger partial charge in [-0.2, -0.15) is 0 Å². The van der Waals surface area contributed by atoms with E-state index in [4.69, 9.17) is 10.5 Å². The summed E-state index contributed by atoms with van der Waals surface area (Å²) in [6.07, 6.45) is -3.75. The van der Waals surface area contributed by atoms with Gasteiger partial charge in [-0.1, -0.05) is 31.4 Å². The van der Waals surface area contributed by atoms with Crippen LogP contribution in [0.25, 0.3) is 0 Å². The van der Waals surface area contributed by atoms with Crippen molar-refractivity contribution < 1.29 is 37.7 Å². The van der Waals surface area contributed by atoms with Gasteiger partial charge in [-0.25, -0.2) is 4.79 Å². The molecule has 0 radical (unpaired) electrons. The van der Waals surface area contributed by atoms with E-state index >= 15 is 0 Å². The number of alkyl halides is 3. The number of Topliss-reactive ketones (excluding diaryl/α,β-unsaturated/α-hetero) is 1. The molecule has 166 valence electrons. The number of nitrogens with one attached hydrogen (secondary N) is 2. The minimum Gasteiger partial charge on any atom is -0.465 e. The van der Waals surface area contributed by atoms with Crippen LogP contribution in [0.3, 0.4) is 0 Å². The monoisotopic (exact) mass is 430 g/mol. The average Bonchev–Trinajstić information content (AvgIpc) is 2.60. The summed E-state index contributed by atoms with van der Waals surface area (Å²) in [4.78, 5) is 23.9. The molecule has 2 rings (SSSR count). The van der Waals surface area contributed by atoms with Gasteiger partial charge in [0, 0.05) is 12.5 Å². The Kier molecular flexibility index (Phi) is 7.46. The number of carbonyl (C=O) groups is 2. The third-order valence-corrected chi connectivity index (χ3v) is 5.12. The van der Waals surface area contributed by atoms with Crippen LogP contribution >= 0.6 is 0 Å². The topological polar surface area (TPSA) is 120 Å². The molecule has 1 aliphatic carbocycles. The summed E-state index contributed by atoms with van der Waals surface area (Å²) in [5, 5.41) is 30.3. The third-order valence-electron chi connectivity index (χ3n) is 5.12. The second kappa shape index (κ2) is 9.46. The van der Waals surface area contributed by atoms with Crippen LogP contribution in [0.1, 0.15) is 56.9 Å². The van der Waals surface area contributed by atoms with Crippen LogP contribution in [-0.4, -0.2) is 45.8 Å². The number of aliphatic hydroxyl groups is 1. The number of rotatable bonds is 8. The quantitative estimate of drug-likeness (QED) is 0.465. The molecule has 0 spiro atoms. The lowest BCUT2D eigenvalue weighted by molar-refractivity contribution is -0.274. The molecule has 0 heterocycles. The minimum atomic E-state index is -4.91. The molecule has 10 heteroatoms. The molecule has 30 heavy (non-hydrogen) atoms. The highest BCUT2D eigenvalue weighted by Crippen LogP contribution is 2.42. The first-order valence-electron chi connectivity index (χ1n) is 9.60. The molecule has 1 saturated carbocycles. The van der Waals surface area contributed by atoms with E-state index in [1.807, 2.05) is 0 Å². The Labute approximate surface area is 171 Å². The van der Waals surface area contributed by atoms with Crippen molar-refractivity contribution in [3.05, 3.63) is 29.8 Å². The molecule has 4 N–H and O–H groups in total. The molecule has 1 aromatic rings. The summed E-state index contributed by atoms with van der Waals surface area (Å²) >= 11 is 0. The lowest BCUT2D eigenvalue weighted by atomic mass is 9.70. The Morgan fingerprint density at radius 1 is 1.27 bits per heavy atom. The number of hydrogen-bond acceptors (Lipinski definition) is 5. The van der Waals surface area contributed by atoms with Crippen molar-refractivity contribution in [3.63, 3.8) is 0 Å². The van der Waals surface area contributed by atoms with Gasteiger partial charge in [0.2, 0.25) is 0 Å². The molecular formula is C20H25F3N2O5.